The maximum Gasteiger partial charge on any atom is 0.322 e. The Bertz CT molecular complexity index is 176. The largest absolute Gasteiger partial charge is 0.468 e. The first-order valence-electron chi connectivity index (χ1n) is 5.48. The van der Waals surface area contributed by atoms with Gasteiger partial charge < -0.3 is 10.1 Å². The third kappa shape index (κ3) is 6.79. The molecule has 0 spiro atoms. The van der Waals surface area contributed by atoms with Gasteiger partial charge in [-0.15, -0.1) is 0 Å². The summed E-state index contributed by atoms with van der Waals surface area (Å²) in [6.07, 6.45) is 5.01. The summed E-state index contributed by atoms with van der Waals surface area (Å²) >= 11 is 1.81. The number of ether oxygens (including phenoxy) is 1. The van der Waals surface area contributed by atoms with Crippen molar-refractivity contribution in [2.24, 2.45) is 0 Å². The van der Waals surface area contributed by atoms with Crippen LogP contribution in [0.1, 0.15) is 33.1 Å². The Kier molecular flexibility index (Phi) is 8.91. The number of carbonyl (C=O) groups is 1. The first kappa shape index (κ1) is 14.8. The van der Waals surface area contributed by atoms with Gasteiger partial charge in [0.25, 0.3) is 0 Å². The zero-order valence-electron chi connectivity index (χ0n) is 10.2. The molecule has 90 valence electrons. The number of rotatable bonds is 8. The maximum absolute atomic E-state index is 11.5. The summed E-state index contributed by atoms with van der Waals surface area (Å²) in [4.78, 5) is 11.5. The number of esters is 1. The van der Waals surface area contributed by atoms with Crippen LogP contribution in [0.15, 0.2) is 0 Å². The molecule has 0 saturated carbocycles. The molecular formula is C11H23NO2S. The lowest BCUT2D eigenvalue weighted by atomic mass is 10.1. The third-order valence-corrected chi connectivity index (χ3v) is 3.12. The van der Waals surface area contributed by atoms with Crippen LogP contribution in [0.25, 0.3) is 0 Å². The van der Waals surface area contributed by atoms with Crippen LogP contribution in [-0.2, 0) is 9.53 Å². The van der Waals surface area contributed by atoms with Gasteiger partial charge in [0.05, 0.1) is 7.11 Å². The summed E-state index contributed by atoms with van der Waals surface area (Å²) < 4.78 is 4.78. The second-order valence-electron chi connectivity index (χ2n) is 3.69. The fourth-order valence-electron chi connectivity index (χ4n) is 1.30. The monoisotopic (exact) mass is 233 g/mol. The van der Waals surface area contributed by atoms with Crippen molar-refractivity contribution in [1.29, 1.82) is 0 Å². The van der Waals surface area contributed by atoms with E-state index < -0.39 is 0 Å². The lowest BCUT2D eigenvalue weighted by molar-refractivity contribution is -0.143. The minimum Gasteiger partial charge on any atom is -0.468 e. The van der Waals surface area contributed by atoms with E-state index in [9.17, 15) is 4.79 Å². The van der Waals surface area contributed by atoms with E-state index in [1.54, 1.807) is 0 Å². The van der Waals surface area contributed by atoms with Crippen LogP contribution < -0.4 is 5.32 Å². The lowest BCUT2D eigenvalue weighted by Gasteiger charge is -2.20. The molecule has 1 N–H and O–H groups in total. The minimum absolute atomic E-state index is 0.142. The molecule has 3 nitrogen and oxygen atoms in total. The fourth-order valence-corrected chi connectivity index (χ4v) is 1.76. The zero-order valence-corrected chi connectivity index (χ0v) is 11.0. The summed E-state index contributed by atoms with van der Waals surface area (Å²) in [5.41, 5.74) is 0. The molecular weight excluding hydrogens is 210 g/mol. The van der Waals surface area contributed by atoms with Crippen molar-refractivity contribution in [3.05, 3.63) is 0 Å². The highest BCUT2D eigenvalue weighted by Crippen LogP contribution is 2.06. The van der Waals surface area contributed by atoms with Crippen molar-refractivity contribution in [3.63, 3.8) is 0 Å². The summed E-state index contributed by atoms with van der Waals surface area (Å²) in [6, 6.07) is 0.223. The van der Waals surface area contributed by atoms with Crippen molar-refractivity contribution in [2.45, 2.75) is 45.2 Å². The highest BCUT2D eigenvalue weighted by Gasteiger charge is 2.19. The van der Waals surface area contributed by atoms with Crippen LogP contribution >= 0.6 is 11.8 Å². The Hall–Kier alpha value is -0.220. The van der Waals surface area contributed by atoms with Crippen LogP contribution in [0.5, 0.6) is 0 Å². The molecule has 0 rings (SSSR count). The minimum atomic E-state index is -0.142. The molecule has 0 aliphatic heterocycles. The van der Waals surface area contributed by atoms with Crippen molar-refractivity contribution in [1.82, 2.24) is 5.32 Å². The van der Waals surface area contributed by atoms with Gasteiger partial charge in [-0.3, -0.25) is 4.79 Å². The zero-order chi connectivity index (χ0) is 11.7. The van der Waals surface area contributed by atoms with Crippen LogP contribution in [0.2, 0.25) is 0 Å². The lowest BCUT2D eigenvalue weighted by Crippen LogP contribution is -2.42. The van der Waals surface area contributed by atoms with Gasteiger partial charge in [0, 0.05) is 6.04 Å². The van der Waals surface area contributed by atoms with E-state index in [0.717, 1.165) is 25.0 Å². The van der Waals surface area contributed by atoms with E-state index in [0.29, 0.717) is 6.04 Å². The van der Waals surface area contributed by atoms with E-state index in [2.05, 4.69) is 25.4 Å². The van der Waals surface area contributed by atoms with Gasteiger partial charge in [-0.2, -0.15) is 11.8 Å². The SMILES string of the molecule is CCC(C)NC(CCCSC)C(=O)OC. The third-order valence-electron chi connectivity index (χ3n) is 2.43. The van der Waals surface area contributed by atoms with Gasteiger partial charge in [0.15, 0.2) is 0 Å². The topological polar surface area (TPSA) is 38.3 Å². The summed E-state index contributed by atoms with van der Waals surface area (Å²) in [6.45, 7) is 4.19. The number of hydrogen-bond acceptors (Lipinski definition) is 4. The number of carbonyl (C=O) groups excluding carboxylic acids is 1. The van der Waals surface area contributed by atoms with Crippen LogP contribution in [0, 0.1) is 0 Å². The van der Waals surface area contributed by atoms with E-state index in [4.69, 9.17) is 4.74 Å². The Balaban J connectivity index is 4.00. The molecule has 0 saturated heterocycles. The summed E-state index contributed by atoms with van der Waals surface area (Å²) in [7, 11) is 1.45. The normalized spacial score (nSPS) is 14.7. The highest BCUT2D eigenvalue weighted by atomic mass is 32.2. The van der Waals surface area contributed by atoms with E-state index in [1.807, 2.05) is 11.8 Å². The molecule has 2 unspecified atom stereocenters. The Morgan fingerprint density at radius 1 is 1.53 bits per heavy atom. The molecule has 0 aliphatic rings. The molecule has 0 bridgehead atoms. The molecule has 0 fully saturated rings. The molecule has 0 aromatic heterocycles. The first-order chi connectivity index (χ1) is 7.15. The molecule has 15 heavy (non-hydrogen) atoms. The number of hydrogen-bond donors (Lipinski definition) is 1. The van der Waals surface area contributed by atoms with Gasteiger partial charge in [0.1, 0.15) is 6.04 Å². The average molecular weight is 233 g/mol. The highest BCUT2D eigenvalue weighted by molar-refractivity contribution is 7.98. The van der Waals surface area contributed by atoms with E-state index in [-0.39, 0.29) is 12.0 Å². The fraction of sp³-hybridized carbons (Fsp3) is 0.909. The molecule has 2 atom stereocenters. The molecule has 4 heteroatoms. The number of thioether (sulfide) groups is 1. The van der Waals surface area contributed by atoms with Crippen molar-refractivity contribution in [3.8, 4) is 0 Å². The smallest absolute Gasteiger partial charge is 0.322 e. The first-order valence-corrected chi connectivity index (χ1v) is 6.87. The average Bonchev–Trinajstić information content (AvgIpc) is 2.26. The molecule has 0 aromatic rings. The number of nitrogens with one attached hydrogen (secondary N) is 1. The van der Waals surface area contributed by atoms with Gasteiger partial charge in [-0.05, 0) is 38.2 Å². The van der Waals surface area contributed by atoms with E-state index in [1.165, 1.54) is 7.11 Å². The summed E-state index contributed by atoms with van der Waals surface area (Å²) in [5.74, 6) is 0.951. The van der Waals surface area contributed by atoms with Crippen molar-refractivity contribution >= 4 is 17.7 Å². The second-order valence-corrected chi connectivity index (χ2v) is 4.67. The van der Waals surface area contributed by atoms with Crippen LogP contribution in [0.4, 0.5) is 0 Å². The van der Waals surface area contributed by atoms with Crippen LogP contribution in [-0.4, -0.2) is 37.2 Å². The molecule has 0 heterocycles. The molecule has 0 radical (unpaired) electrons. The van der Waals surface area contributed by atoms with Gasteiger partial charge in [-0.1, -0.05) is 6.92 Å². The van der Waals surface area contributed by atoms with Gasteiger partial charge >= 0.3 is 5.97 Å². The Morgan fingerprint density at radius 2 is 2.20 bits per heavy atom. The molecule has 0 aliphatic carbocycles. The Labute approximate surface area is 97.3 Å². The van der Waals surface area contributed by atoms with Crippen molar-refractivity contribution in [2.75, 3.05) is 19.1 Å². The van der Waals surface area contributed by atoms with Gasteiger partial charge in [-0.25, -0.2) is 0 Å². The van der Waals surface area contributed by atoms with E-state index >= 15 is 0 Å². The quantitative estimate of drug-likeness (QED) is 0.514. The number of methoxy groups -OCH3 is 1. The Morgan fingerprint density at radius 3 is 2.67 bits per heavy atom. The molecule has 0 aromatic carbocycles. The van der Waals surface area contributed by atoms with Crippen LogP contribution in [0.3, 0.4) is 0 Å². The standard InChI is InChI=1S/C11H23NO2S/c1-5-9(2)12-10(11(13)14-3)7-6-8-15-4/h9-10,12H,5-8H2,1-4H3. The summed E-state index contributed by atoms with van der Waals surface area (Å²) in [5, 5.41) is 3.29. The molecule has 0 amide bonds. The predicted octanol–water partition coefficient (Wildman–Crippen LogP) is 2.06. The predicted molar refractivity (Wildman–Crippen MR) is 66.3 cm³/mol. The maximum atomic E-state index is 11.5. The van der Waals surface area contributed by atoms with Gasteiger partial charge in [0.2, 0.25) is 0 Å². The van der Waals surface area contributed by atoms with Crippen molar-refractivity contribution < 1.29 is 9.53 Å². The second kappa shape index (κ2) is 9.04.